The molecule has 5 nitrogen and oxygen atoms in total. The maximum absolute atomic E-state index is 12.2. The highest BCUT2D eigenvalue weighted by Crippen LogP contribution is 2.43. The number of primary amides is 1. The summed E-state index contributed by atoms with van der Waals surface area (Å²) in [7, 11) is 0. The number of pyridine rings is 1. The Kier molecular flexibility index (Phi) is 5.90. The van der Waals surface area contributed by atoms with Crippen LogP contribution in [0.15, 0.2) is 48.7 Å². The number of hydrogen-bond donors (Lipinski definition) is 2. The van der Waals surface area contributed by atoms with Crippen molar-refractivity contribution in [1.82, 2.24) is 10.3 Å². The quantitative estimate of drug-likeness (QED) is 0.647. The van der Waals surface area contributed by atoms with E-state index in [0.717, 1.165) is 41.6 Å². The van der Waals surface area contributed by atoms with Crippen LogP contribution in [-0.2, 0) is 11.2 Å². The molecule has 0 atom stereocenters. The zero-order valence-corrected chi connectivity index (χ0v) is 17.1. The van der Waals surface area contributed by atoms with Crippen molar-refractivity contribution in [1.29, 1.82) is 0 Å². The minimum Gasteiger partial charge on any atom is -0.365 e. The summed E-state index contributed by atoms with van der Waals surface area (Å²) in [5.74, 6) is 0.519. The van der Waals surface area contributed by atoms with Gasteiger partial charge in [-0.25, -0.2) is 0 Å². The number of amides is 2. The van der Waals surface area contributed by atoms with Crippen LogP contribution in [0.1, 0.15) is 52.5 Å². The maximum Gasteiger partial charge on any atom is 0.259 e. The molecule has 6 heteroatoms. The molecule has 1 aromatic carbocycles. The van der Waals surface area contributed by atoms with Crippen molar-refractivity contribution in [2.24, 2.45) is 11.7 Å². The number of hydrogen-bond acceptors (Lipinski definition) is 4. The van der Waals surface area contributed by atoms with E-state index in [1.807, 2.05) is 30.3 Å². The van der Waals surface area contributed by atoms with Crippen LogP contribution in [-0.4, -0.2) is 23.3 Å². The Labute approximate surface area is 174 Å². The van der Waals surface area contributed by atoms with E-state index in [9.17, 15) is 9.59 Å². The Bertz CT molecular complexity index is 1010. The molecule has 1 aliphatic carbocycles. The zero-order valence-electron chi connectivity index (χ0n) is 16.3. The lowest BCUT2D eigenvalue weighted by Gasteiger charge is -2.29. The molecule has 150 valence electrons. The van der Waals surface area contributed by atoms with Gasteiger partial charge in [-0.2, -0.15) is 0 Å². The first-order chi connectivity index (χ1) is 14.1. The lowest BCUT2D eigenvalue weighted by molar-refractivity contribution is -0.120. The van der Waals surface area contributed by atoms with E-state index in [0.29, 0.717) is 29.7 Å². The van der Waals surface area contributed by atoms with E-state index in [2.05, 4.69) is 22.4 Å². The van der Waals surface area contributed by atoms with Crippen molar-refractivity contribution in [3.8, 4) is 0 Å². The molecule has 0 aliphatic heterocycles. The molecule has 1 fully saturated rings. The molecule has 0 bridgehead atoms. The fraction of sp³-hybridized carbons (Fsp3) is 0.348. The Hall–Kier alpha value is -2.73. The first-order valence-corrected chi connectivity index (χ1v) is 10.9. The van der Waals surface area contributed by atoms with E-state index in [4.69, 9.17) is 5.73 Å². The lowest BCUT2D eigenvalue weighted by Crippen LogP contribution is -2.32. The van der Waals surface area contributed by atoms with Gasteiger partial charge in [0, 0.05) is 23.1 Å². The first-order valence-electron chi connectivity index (χ1n) is 10.1. The second kappa shape index (κ2) is 8.74. The number of nitrogens with one attached hydrogen (secondary N) is 1. The number of nitrogens with two attached hydrogens (primary N) is 1. The third kappa shape index (κ3) is 4.48. The van der Waals surface area contributed by atoms with Crippen LogP contribution in [0.3, 0.4) is 0 Å². The van der Waals surface area contributed by atoms with Gasteiger partial charge in [-0.1, -0.05) is 24.3 Å². The van der Waals surface area contributed by atoms with Crippen LogP contribution in [0.5, 0.6) is 0 Å². The summed E-state index contributed by atoms with van der Waals surface area (Å²) < 4.78 is 1.13. The van der Waals surface area contributed by atoms with Crippen molar-refractivity contribution in [3.63, 3.8) is 0 Å². The van der Waals surface area contributed by atoms with Gasteiger partial charge >= 0.3 is 0 Å². The van der Waals surface area contributed by atoms with Crippen molar-refractivity contribution < 1.29 is 9.59 Å². The molecule has 3 aromatic rings. The normalized spacial score (nSPS) is 19.2. The van der Waals surface area contributed by atoms with Gasteiger partial charge in [0.2, 0.25) is 5.91 Å². The van der Waals surface area contributed by atoms with E-state index >= 15 is 0 Å². The molecule has 0 spiro atoms. The Morgan fingerprint density at radius 3 is 2.55 bits per heavy atom. The molecule has 3 N–H and O–H groups in total. The summed E-state index contributed by atoms with van der Waals surface area (Å²) >= 11 is 1.50. The molecule has 1 saturated carbocycles. The molecule has 1 aliphatic rings. The molecular weight excluding hydrogens is 382 g/mol. The number of thiophene rings is 1. The number of aromatic nitrogens is 1. The zero-order chi connectivity index (χ0) is 20.2. The molecule has 4 rings (SSSR count). The molecule has 0 radical (unpaired) electrons. The summed E-state index contributed by atoms with van der Waals surface area (Å²) in [6.07, 6.45) is 6.13. The fourth-order valence-corrected chi connectivity index (χ4v) is 5.44. The van der Waals surface area contributed by atoms with Crippen LogP contribution >= 0.6 is 11.3 Å². The number of nitrogens with zero attached hydrogens (tertiary/aromatic N) is 1. The Balaban J connectivity index is 1.35. The maximum atomic E-state index is 12.2. The van der Waals surface area contributed by atoms with E-state index in [1.165, 1.54) is 16.7 Å². The van der Waals surface area contributed by atoms with Crippen LogP contribution in [0.2, 0.25) is 0 Å². The number of benzene rings is 1. The van der Waals surface area contributed by atoms with Gasteiger partial charge in [0.15, 0.2) is 0 Å². The molecule has 2 aromatic heterocycles. The number of carbonyl (C=O) groups excluding carboxylic acids is 2. The number of fused-ring (bicyclic) bond motifs is 1. The number of carbonyl (C=O) groups is 2. The third-order valence-corrected chi connectivity index (χ3v) is 6.97. The third-order valence-electron chi connectivity index (χ3n) is 5.77. The van der Waals surface area contributed by atoms with Crippen LogP contribution < -0.4 is 11.1 Å². The highest BCUT2D eigenvalue weighted by molar-refractivity contribution is 7.21. The minimum atomic E-state index is -0.329. The average Bonchev–Trinajstić information content (AvgIpc) is 3.13. The van der Waals surface area contributed by atoms with E-state index in [-0.39, 0.29) is 11.8 Å². The average molecular weight is 408 g/mol. The highest BCUT2D eigenvalue weighted by Gasteiger charge is 2.28. The number of rotatable bonds is 6. The van der Waals surface area contributed by atoms with Crippen molar-refractivity contribution in [2.75, 3.05) is 6.54 Å². The van der Waals surface area contributed by atoms with Crippen molar-refractivity contribution >= 4 is 33.2 Å². The van der Waals surface area contributed by atoms with E-state index < -0.39 is 0 Å². The molecular formula is C23H25N3O2S. The van der Waals surface area contributed by atoms with Gasteiger partial charge in [0.25, 0.3) is 5.91 Å². The Morgan fingerprint density at radius 2 is 1.83 bits per heavy atom. The smallest absolute Gasteiger partial charge is 0.259 e. The van der Waals surface area contributed by atoms with Gasteiger partial charge in [0.1, 0.15) is 0 Å². The summed E-state index contributed by atoms with van der Waals surface area (Å²) in [6.45, 7) is 0.700. The monoisotopic (exact) mass is 407 g/mol. The lowest BCUT2D eigenvalue weighted by atomic mass is 9.77. The fourth-order valence-electron chi connectivity index (χ4n) is 4.30. The molecule has 0 unspecified atom stereocenters. The molecule has 0 saturated heterocycles. The molecule has 2 amide bonds. The van der Waals surface area contributed by atoms with Gasteiger partial charge < -0.3 is 11.1 Å². The first kappa shape index (κ1) is 19.6. The van der Waals surface area contributed by atoms with Gasteiger partial charge in [0.05, 0.1) is 11.3 Å². The predicted molar refractivity (Wildman–Crippen MR) is 116 cm³/mol. The van der Waals surface area contributed by atoms with Gasteiger partial charge in [-0.3, -0.25) is 14.6 Å². The second-order valence-corrected chi connectivity index (χ2v) is 8.78. The standard InChI is InChI=1S/C23H25N3O2S/c24-23(28)22-21(18-6-1-2-7-19(18)29-22)16-10-8-15(9-11-16)14-26-20(27)13-17-5-3-4-12-25-17/h1-7,12,15-16H,8-11,13-14H2,(H2,24,28)(H,26,27). The van der Waals surface area contributed by atoms with Gasteiger partial charge in [-0.05, 0) is 66.7 Å². The summed E-state index contributed by atoms with van der Waals surface area (Å²) in [6, 6.07) is 13.8. The van der Waals surface area contributed by atoms with Crippen LogP contribution in [0, 0.1) is 5.92 Å². The highest BCUT2D eigenvalue weighted by atomic mass is 32.1. The summed E-state index contributed by atoms with van der Waals surface area (Å²) in [5.41, 5.74) is 7.60. The predicted octanol–water partition coefficient (Wildman–Crippen LogP) is 4.03. The molecule has 2 heterocycles. The van der Waals surface area contributed by atoms with Crippen molar-refractivity contribution in [3.05, 3.63) is 64.8 Å². The second-order valence-electron chi connectivity index (χ2n) is 7.72. The van der Waals surface area contributed by atoms with Gasteiger partial charge in [-0.15, -0.1) is 11.3 Å². The molecule has 29 heavy (non-hydrogen) atoms. The summed E-state index contributed by atoms with van der Waals surface area (Å²) in [4.78, 5) is 29.1. The topological polar surface area (TPSA) is 85.1 Å². The SMILES string of the molecule is NC(=O)c1sc2ccccc2c1C1CCC(CNC(=O)Cc2ccccn2)CC1. The van der Waals surface area contributed by atoms with Crippen LogP contribution in [0.25, 0.3) is 10.1 Å². The van der Waals surface area contributed by atoms with Crippen LogP contribution in [0.4, 0.5) is 0 Å². The summed E-state index contributed by atoms with van der Waals surface area (Å²) in [5, 5.41) is 4.22. The van der Waals surface area contributed by atoms with E-state index in [1.54, 1.807) is 6.20 Å². The minimum absolute atomic E-state index is 0.0191. The largest absolute Gasteiger partial charge is 0.365 e. The Morgan fingerprint density at radius 1 is 1.07 bits per heavy atom. The van der Waals surface area contributed by atoms with Crippen molar-refractivity contribution in [2.45, 2.75) is 38.0 Å².